The highest BCUT2D eigenvalue weighted by Gasteiger charge is 2.51. The molecule has 0 aliphatic carbocycles. The first-order valence-corrected chi connectivity index (χ1v) is 5.95. The number of nitrogens with one attached hydrogen (secondary N) is 1. The van der Waals surface area contributed by atoms with E-state index in [2.05, 4.69) is 5.32 Å². The third-order valence-corrected chi connectivity index (χ3v) is 3.36. The summed E-state index contributed by atoms with van der Waals surface area (Å²) in [4.78, 5) is 25.2. The van der Waals surface area contributed by atoms with Gasteiger partial charge in [0.05, 0.1) is 6.10 Å². The number of aliphatic hydroxyl groups excluding tert-OH is 1. The maximum absolute atomic E-state index is 12.2. The fraction of sp³-hybridized carbons (Fsp3) is 0.818. The Hall–Kier alpha value is -1.14. The topological polar surface area (TPSA) is 78.9 Å². The quantitative estimate of drug-likeness (QED) is 0.675. The summed E-state index contributed by atoms with van der Waals surface area (Å²) in [6.45, 7) is 2.90. The molecule has 2 N–H and O–H groups in total. The summed E-state index contributed by atoms with van der Waals surface area (Å²) in [5.41, 5.74) is -0.756. The SMILES string of the molecule is CC(O)CCN1C(=O)NC2(CCOCC2)C1=O. The maximum Gasteiger partial charge on any atom is 0.325 e. The summed E-state index contributed by atoms with van der Waals surface area (Å²) in [6, 6.07) is -0.349. The zero-order valence-corrected chi connectivity index (χ0v) is 9.94. The third kappa shape index (κ3) is 2.28. The van der Waals surface area contributed by atoms with Gasteiger partial charge in [-0.2, -0.15) is 0 Å². The summed E-state index contributed by atoms with van der Waals surface area (Å²) < 4.78 is 5.21. The molecule has 2 fully saturated rings. The molecule has 0 aromatic rings. The smallest absolute Gasteiger partial charge is 0.325 e. The molecule has 0 radical (unpaired) electrons. The first kappa shape index (κ1) is 12.3. The van der Waals surface area contributed by atoms with Gasteiger partial charge in [-0.05, 0) is 13.3 Å². The average molecular weight is 242 g/mol. The number of nitrogens with zero attached hydrogens (tertiary/aromatic N) is 1. The van der Waals surface area contributed by atoms with Crippen LogP contribution in [0.4, 0.5) is 4.79 Å². The van der Waals surface area contributed by atoms with Gasteiger partial charge in [0.15, 0.2) is 0 Å². The van der Waals surface area contributed by atoms with E-state index in [1.165, 1.54) is 4.90 Å². The van der Waals surface area contributed by atoms with Gasteiger partial charge < -0.3 is 15.2 Å². The van der Waals surface area contributed by atoms with Crippen molar-refractivity contribution >= 4 is 11.9 Å². The number of carbonyl (C=O) groups excluding carboxylic acids is 2. The Morgan fingerprint density at radius 3 is 2.71 bits per heavy atom. The molecule has 2 aliphatic rings. The molecule has 1 unspecified atom stereocenters. The minimum atomic E-state index is -0.756. The van der Waals surface area contributed by atoms with Crippen LogP contribution in [0.25, 0.3) is 0 Å². The van der Waals surface area contributed by atoms with Crippen LogP contribution in [0.5, 0.6) is 0 Å². The number of rotatable bonds is 3. The zero-order chi connectivity index (χ0) is 12.5. The summed E-state index contributed by atoms with van der Waals surface area (Å²) in [5.74, 6) is -0.175. The molecule has 2 rings (SSSR count). The Bertz CT molecular complexity index is 323. The van der Waals surface area contributed by atoms with Crippen molar-refractivity contribution in [1.29, 1.82) is 0 Å². The van der Waals surface area contributed by atoms with Crippen LogP contribution in [0.1, 0.15) is 26.2 Å². The van der Waals surface area contributed by atoms with Crippen LogP contribution in [-0.2, 0) is 9.53 Å². The number of amides is 3. The maximum atomic E-state index is 12.2. The van der Waals surface area contributed by atoms with Gasteiger partial charge in [0.1, 0.15) is 5.54 Å². The van der Waals surface area contributed by atoms with Crippen molar-refractivity contribution in [2.75, 3.05) is 19.8 Å². The highest BCUT2D eigenvalue weighted by Crippen LogP contribution is 2.28. The molecule has 1 spiro atoms. The minimum absolute atomic E-state index is 0.175. The van der Waals surface area contributed by atoms with E-state index in [0.717, 1.165) is 0 Å². The predicted molar refractivity (Wildman–Crippen MR) is 59.3 cm³/mol. The lowest BCUT2D eigenvalue weighted by Crippen LogP contribution is -2.51. The van der Waals surface area contributed by atoms with Gasteiger partial charge in [0, 0.05) is 32.6 Å². The second-order valence-electron chi connectivity index (χ2n) is 4.72. The predicted octanol–water partition coefficient (Wildman–Crippen LogP) is -0.142. The monoisotopic (exact) mass is 242 g/mol. The Balaban J connectivity index is 2.05. The molecule has 6 heteroatoms. The molecule has 6 nitrogen and oxygen atoms in total. The summed E-state index contributed by atoms with van der Waals surface area (Å²) in [6.07, 6.45) is 0.957. The Labute approximate surface area is 99.9 Å². The van der Waals surface area contributed by atoms with E-state index in [0.29, 0.717) is 32.5 Å². The van der Waals surface area contributed by atoms with Crippen LogP contribution in [0.3, 0.4) is 0 Å². The molecule has 0 aromatic heterocycles. The summed E-state index contributed by atoms with van der Waals surface area (Å²) in [7, 11) is 0. The highest BCUT2D eigenvalue weighted by atomic mass is 16.5. The second-order valence-corrected chi connectivity index (χ2v) is 4.72. The van der Waals surface area contributed by atoms with E-state index in [1.807, 2.05) is 0 Å². The molecule has 96 valence electrons. The molecule has 0 aromatic carbocycles. The first-order chi connectivity index (χ1) is 8.05. The number of imide groups is 1. The second kappa shape index (κ2) is 4.62. The fourth-order valence-corrected chi connectivity index (χ4v) is 2.25. The molecule has 0 saturated carbocycles. The molecule has 17 heavy (non-hydrogen) atoms. The Morgan fingerprint density at radius 1 is 1.47 bits per heavy atom. The number of carbonyl (C=O) groups is 2. The van der Waals surface area contributed by atoms with Crippen LogP contribution in [0.15, 0.2) is 0 Å². The molecular formula is C11H18N2O4. The fourth-order valence-electron chi connectivity index (χ4n) is 2.25. The number of hydrogen-bond donors (Lipinski definition) is 2. The van der Waals surface area contributed by atoms with Gasteiger partial charge in [-0.3, -0.25) is 9.69 Å². The molecule has 1 atom stereocenters. The molecule has 0 bridgehead atoms. The lowest BCUT2D eigenvalue weighted by atomic mass is 9.90. The Kier molecular flexibility index (Phi) is 3.35. The van der Waals surface area contributed by atoms with Gasteiger partial charge in [-0.15, -0.1) is 0 Å². The van der Waals surface area contributed by atoms with Crippen molar-refractivity contribution in [3.63, 3.8) is 0 Å². The molecule has 3 amide bonds. The van der Waals surface area contributed by atoms with Crippen molar-refractivity contribution in [3.8, 4) is 0 Å². The van der Waals surface area contributed by atoms with E-state index < -0.39 is 11.6 Å². The van der Waals surface area contributed by atoms with Crippen molar-refractivity contribution in [2.24, 2.45) is 0 Å². The number of urea groups is 1. The van der Waals surface area contributed by atoms with Gasteiger partial charge >= 0.3 is 6.03 Å². The molecule has 2 heterocycles. The van der Waals surface area contributed by atoms with E-state index in [9.17, 15) is 14.7 Å². The largest absolute Gasteiger partial charge is 0.393 e. The number of aliphatic hydroxyl groups is 1. The minimum Gasteiger partial charge on any atom is -0.393 e. The molecular weight excluding hydrogens is 224 g/mol. The van der Waals surface area contributed by atoms with Gasteiger partial charge in [0.25, 0.3) is 5.91 Å². The zero-order valence-electron chi connectivity index (χ0n) is 9.94. The molecule has 2 saturated heterocycles. The summed E-state index contributed by atoms with van der Waals surface area (Å²) >= 11 is 0. The first-order valence-electron chi connectivity index (χ1n) is 5.95. The lowest BCUT2D eigenvalue weighted by molar-refractivity contribution is -0.134. The van der Waals surface area contributed by atoms with Gasteiger partial charge in [0.2, 0.25) is 0 Å². The third-order valence-electron chi connectivity index (χ3n) is 3.36. The normalized spacial score (nSPS) is 25.2. The van der Waals surface area contributed by atoms with Crippen LogP contribution in [0, 0.1) is 0 Å². The van der Waals surface area contributed by atoms with Gasteiger partial charge in [-0.1, -0.05) is 0 Å². The van der Waals surface area contributed by atoms with Gasteiger partial charge in [-0.25, -0.2) is 4.79 Å². The molecule has 2 aliphatic heterocycles. The lowest BCUT2D eigenvalue weighted by Gasteiger charge is -2.30. The van der Waals surface area contributed by atoms with Crippen LogP contribution in [-0.4, -0.2) is 53.3 Å². The van der Waals surface area contributed by atoms with Crippen LogP contribution < -0.4 is 5.32 Å². The van der Waals surface area contributed by atoms with E-state index in [1.54, 1.807) is 6.92 Å². The Morgan fingerprint density at radius 2 is 2.12 bits per heavy atom. The summed E-state index contributed by atoms with van der Waals surface area (Å²) in [5, 5.41) is 12.0. The average Bonchev–Trinajstić information content (AvgIpc) is 2.50. The van der Waals surface area contributed by atoms with Crippen molar-refractivity contribution in [1.82, 2.24) is 10.2 Å². The van der Waals surface area contributed by atoms with Crippen molar-refractivity contribution in [3.05, 3.63) is 0 Å². The standard InChI is InChI=1S/C11H18N2O4/c1-8(14)2-5-13-9(15)11(12-10(13)16)3-6-17-7-4-11/h8,14H,2-7H2,1H3,(H,12,16). The van der Waals surface area contributed by atoms with Crippen LogP contribution in [0.2, 0.25) is 0 Å². The van der Waals surface area contributed by atoms with E-state index in [-0.39, 0.29) is 18.5 Å². The van der Waals surface area contributed by atoms with Crippen molar-refractivity contribution in [2.45, 2.75) is 37.8 Å². The van der Waals surface area contributed by atoms with Crippen molar-refractivity contribution < 1.29 is 19.4 Å². The van der Waals surface area contributed by atoms with E-state index >= 15 is 0 Å². The highest BCUT2D eigenvalue weighted by molar-refractivity contribution is 6.07. The number of ether oxygens (including phenoxy) is 1. The van der Waals surface area contributed by atoms with E-state index in [4.69, 9.17) is 4.74 Å². The number of hydrogen-bond acceptors (Lipinski definition) is 4. The van der Waals surface area contributed by atoms with Crippen LogP contribution >= 0.6 is 0 Å².